The summed E-state index contributed by atoms with van der Waals surface area (Å²) in [6, 6.07) is 3.85. The highest BCUT2D eigenvalue weighted by molar-refractivity contribution is 9.10. The van der Waals surface area contributed by atoms with Gasteiger partial charge in [-0.3, -0.25) is 0 Å². The van der Waals surface area contributed by atoms with Gasteiger partial charge in [-0.15, -0.1) is 0 Å². The molecule has 0 saturated carbocycles. The third-order valence-electron chi connectivity index (χ3n) is 1.73. The molecule has 3 nitrogen and oxygen atoms in total. The lowest BCUT2D eigenvalue weighted by molar-refractivity contribution is 0.556. The van der Waals surface area contributed by atoms with Crippen molar-refractivity contribution < 1.29 is 12.8 Å². The molecule has 1 aromatic carbocycles. The van der Waals surface area contributed by atoms with Gasteiger partial charge in [0, 0.05) is 11.0 Å². The molecule has 0 unspecified atom stereocenters. The number of halogens is 2. The van der Waals surface area contributed by atoms with E-state index in [1.807, 2.05) is 6.92 Å². The fourth-order valence-corrected chi connectivity index (χ4v) is 2.53. The van der Waals surface area contributed by atoms with Crippen molar-refractivity contribution in [2.75, 3.05) is 6.54 Å². The van der Waals surface area contributed by atoms with Gasteiger partial charge in [0.05, 0.1) is 0 Å². The SMILES string of the molecule is CCCNS(=O)(=O)c1ccc(Br)cc1F. The molecule has 0 aromatic heterocycles. The van der Waals surface area contributed by atoms with Gasteiger partial charge in [-0.05, 0) is 24.6 Å². The second kappa shape index (κ2) is 5.05. The van der Waals surface area contributed by atoms with Crippen LogP contribution in [0.3, 0.4) is 0 Å². The Morgan fingerprint density at radius 1 is 1.47 bits per heavy atom. The van der Waals surface area contributed by atoms with Gasteiger partial charge in [0.15, 0.2) is 0 Å². The number of hydrogen-bond acceptors (Lipinski definition) is 2. The van der Waals surface area contributed by atoms with E-state index in [1.165, 1.54) is 12.1 Å². The molecule has 84 valence electrons. The van der Waals surface area contributed by atoms with Crippen LogP contribution in [0.4, 0.5) is 4.39 Å². The van der Waals surface area contributed by atoms with E-state index in [4.69, 9.17) is 0 Å². The number of benzene rings is 1. The van der Waals surface area contributed by atoms with Gasteiger partial charge in [0.1, 0.15) is 10.7 Å². The first-order chi connectivity index (χ1) is 6.97. The zero-order valence-electron chi connectivity index (χ0n) is 8.13. The zero-order valence-corrected chi connectivity index (χ0v) is 10.5. The molecule has 0 aliphatic carbocycles. The van der Waals surface area contributed by atoms with Crippen LogP contribution in [0.2, 0.25) is 0 Å². The Balaban J connectivity index is 3.05. The highest BCUT2D eigenvalue weighted by Gasteiger charge is 2.17. The Morgan fingerprint density at radius 3 is 2.67 bits per heavy atom. The van der Waals surface area contributed by atoms with Crippen molar-refractivity contribution in [3.8, 4) is 0 Å². The summed E-state index contributed by atoms with van der Waals surface area (Å²) in [6.07, 6.45) is 0.664. The monoisotopic (exact) mass is 295 g/mol. The Bertz CT molecular complexity index is 447. The van der Waals surface area contributed by atoms with Crippen molar-refractivity contribution in [2.45, 2.75) is 18.2 Å². The molecule has 0 atom stereocenters. The molecule has 0 amide bonds. The lowest BCUT2D eigenvalue weighted by Gasteiger charge is -2.06. The first-order valence-electron chi connectivity index (χ1n) is 4.42. The number of hydrogen-bond donors (Lipinski definition) is 1. The first kappa shape index (κ1) is 12.6. The van der Waals surface area contributed by atoms with E-state index in [0.717, 1.165) is 6.07 Å². The highest BCUT2D eigenvalue weighted by atomic mass is 79.9. The van der Waals surface area contributed by atoms with Gasteiger partial charge in [0.25, 0.3) is 0 Å². The predicted molar refractivity (Wildman–Crippen MR) is 59.6 cm³/mol. The average molecular weight is 296 g/mol. The Kier molecular flexibility index (Phi) is 4.24. The van der Waals surface area contributed by atoms with Crippen LogP contribution in [-0.2, 0) is 10.0 Å². The van der Waals surface area contributed by atoms with Gasteiger partial charge < -0.3 is 0 Å². The summed E-state index contributed by atoms with van der Waals surface area (Å²) in [4.78, 5) is -0.320. The molecule has 15 heavy (non-hydrogen) atoms. The number of nitrogens with one attached hydrogen (secondary N) is 1. The quantitative estimate of drug-likeness (QED) is 0.926. The molecule has 0 aliphatic heterocycles. The lowest BCUT2D eigenvalue weighted by atomic mass is 10.3. The molecule has 0 spiro atoms. The van der Waals surface area contributed by atoms with Crippen LogP contribution in [0.25, 0.3) is 0 Å². The second-order valence-corrected chi connectivity index (χ2v) is 5.62. The largest absolute Gasteiger partial charge is 0.243 e. The van der Waals surface area contributed by atoms with Crippen LogP contribution >= 0.6 is 15.9 Å². The molecule has 0 fully saturated rings. The molecule has 1 rings (SSSR count). The van der Waals surface area contributed by atoms with E-state index < -0.39 is 15.8 Å². The normalized spacial score (nSPS) is 11.7. The van der Waals surface area contributed by atoms with Crippen molar-refractivity contribution in [3.63, 3.8) is 0 Å². The second-order valence-electron chi connectivity index (χ2n) is 2.97. The summed E-state index contributed by atoms with van der Waals surface area (Å²) in [5, 5.41) is 0. The molecule has 0 radical (unpaired) electrons. The molecule has 1 N–H and O–H groups in total. The van der Waals surface area contributed by atoms with Crippen LogP contribution in [0.15, 0.2) is 27.6 Å². The Hall–Kier alpha value is -0.460. The molecule has 0 saturated heterocycles. The van der Waals surface area contributed by atoms with E-state index in [9.17, 15) is 12.8 Å². The first-order valence-corrected chi connectivity index (χ1v) is 6.69. The van der Waals surface area contributed by atoms with E-state index in [2.05, 4.69) is 20.7 Å². The molecule has 0 heterocycles. The van der Waals surface area contributed by atoms with Crippen molar-refractivity contribution in [2.24, 2.45) is 0 Å². The summed E-state index contributed by atoms with van der Waals surface area (Å²) in [7, 11) is -3.72. The number of sulfonamides is 1. The van der Waals surface area contributed by atoms with Crippen molar-refractivity contribution in [1.82, 2.24) is 4.72 Å². The van der Waals surface area contributed by atoms with E-state index in [0.29, 0.717) is 17.4 Å². The maximum Gasteiger partial charge on any atom is 0.243 e. The summed E-state index contributed by atoms with van der Waals surface area (Å²) >= 11 is 3.06. The molecule has 6 heteroatoms. The van der Waals surface area contributed by atoms with Crippen LogP contribution in [0.1, 0.15) is 13.3 Å². The maximum absolute atomic E-state index is 13.3. The summed E-state index contributed by atoms with van der Waals surface area (Å²) in [5.41, 5.74) is 0. The smallest absolute Gasteiger partial charge is 0.211 e. The summed E-state index contributed by atoms with van der Waals surface area (Å²) < 4.78 is 39.2. The Labute approximate surface area is 96.9 Å². The molecule has 0 aliphatic rings. The van der Waals surface area contributed by atoms with Gasteiger partial charge in [-0.25, -0.2) is 17.5 Å². The van der Waals surface area contributed by atoms with Gasteiger partial charge in [-0.1, -0.05) is 22.9 Å². The van der Waals surface area contributed by atoms with Crippen LogP contribution in [-0.4, -0.2) is 15.0 Å². The van der Waals surface area contributed by atoms with Crippen LogP contribution in [0.5, 0.6) is 0 Å². The third kappa shape index (κ3) is 3.25. The molecular formula is C9H11BrFNO2S. The van der Waals surface area contributed by atoms with E-state index in [1.54, 1.807) is 0 Å². The van der Waals surface area contributed by atoms with Gasteiger partial charge >= 0.3 is 0 Å². The maximum atomic E-state index is 13.3. The molecule has 0 bridgehead atoms. The van der Waals surface area contributed by atoms with Crippen LogP contribution < -0.4 is 4.72 Å². The minimum atomic E-state index is -3.72. The van der Waals surface area contributed by atoms with E-state index >= 15 is 0 Å². The fourth-order valence-electron chi connectivity index (χ4n) is 1.01. The van der Waals surface area contributed by atoms with Crippen molar-refractivity contribution in [1.29, 1.82) is 0 Å². The third-order valence-corrected chi connectivity index (χ3v) is 3.71. The average Bonchev–Trinajstić information content (AvgIpc) is 2.14. The fraction of sp³-hybridized carbons (Fsp3) is 0.333. The predicted octanol–water partition coefficient (Wildman–Crippen LogP) is 2.28. The minimum Gasteiger partial charge on any atom is -0.211 e. The number of rotatable bonds is 4. The summed E-state index contributed by atoms with van der Waals surface area (Å²) in [6.45, 7) is 2.14. The minimum absolute atomic E-state index is 0.303. The zero-order chi connectivity index (χ0) is 11.5. The molecular weight excluding hydrogens is 285 g/mol. The molecule has 1 aromatic rings. The van der Waals surface area contributed by atoms with Crippen molar-refractivity contribution >= 4 is 26.0 Å². The topological polar surface area (TPSA) is 46.2 Å². The van der Waals surface area contributed by atoms with Crippen molar-refractivity contribution in [3.05, 3.63) is 28.5 Å². The summed E-state index contributed by atoms with van der Waals surface area (Å²) in [5.74, 6) is -0.757. The van der Waals surface area contributed by atoms with Crippen LogP contribution in [0, 0.1) is 5.82 Å². The van der Waals surface area contributed by atoms with Gasteiger partial charge in [0.2, 0.25) is 10.0 Å². The standard InChI is InChI=1S/C9H11BrFNO2S/c1-2-5-12-15(13,14)9-4-3-7(10)6-8(9)11/h3-4,6,12H,2,5H2,1H3. The van der Waals surface area contributed by atoms with Gasteiger partial charge in [-0.2, -0.15) is 0 Å². The highest BCUT2D eigenvalue weighted by Crippen LogP contribution is 2.18. The lowest BCUT2D eigenvalue weighted by Crippen LogP contribution is -2.25. The Morgan fingerprint density at radius 2 is 2.13 bits per heavy atom. The van der Waals surface area contributed by atoms with E-state index in [-0.39, 0.29) is 4.90 Å².